The summed E-state index contributed by atoms with van der Waals surface area (Å²) >= 11 is 1.43. The molecule has 4 aromatic rings. The van der Waals surface area contributed by atoms with Gasteiger partial charge in [-0.3, -0.25) is 0 Å². The van der Waals surface area contributed by atoms with Gasteiger partial charge in [0.25, 0.3) is 0 Å². The number of ether oxygens (including phenoxy) is 2. The number of unbranched alkanes of at least 4 members (excludes halogenated alkanes) is 2. The molecule has 0 saturated carbocycles. The quantitative estimate of drug-likeness (QED) is 0.0609. The SMILES string of the molecule is CCCCN(CCCC)c1ccc(/C=C/c2ccc(/C=C/C(=C(\C#N)C(OC(F)(F)F)=C(C#N)C#N)c3ccccc3)s2)c(OCc2ccccc2)c1. The maximum Gasteiger partial charge on any atom is 0.573 e. The Labute approximate surface area is 313 Å². The van der Waals surface area contributed by atoms with Gasteiger partial charge in [0, 0.05) is 45.7 Å². The Balaban J connectivity index is 1.68. The van der Waals surface area contributed by atoms with Gasteiger partial charge in [-0.2, -0.15) is 15.8 Å². The largest absolute Gasteiger partial charge is 0.573 e. The molecule has 10 heteroatoms. The monoisotopic (exact) mass is 732 g/mol. The van der Waals surface area contributed by atoms with Crippen LogP contribution < -0.4 is 9.64 Å². The van der Waals surface area contributed by atoms with Gasteiger partial charge in [0.2, 0.25) is 0 Å². The van der Waals surface area contributed by atoms with Crippen molar-refractivity contribution in [3.63, 3.8) is 0 Å². The van der Waals surface area contributed by atoms with Crippen LogP contribution in [0.25, 0.3) is 23.8 Å². The fourth-order valence-electron chi connectivity index (χ4n) is 5.31. The maximum absolute atomic E-state index is 13.4. The van der Waals surface area contributed by atoms with Crippen LogP contribution in [0.1, 0.15) is 66.0 Å². The lowest BCUT2D eigenvalue weighted by molar-refractivity contribution is -0.303. The van der Waals surface area contributed by atoms with Crippen molar-refractivity contribution in [3.8, 4) is 24.0 Å². The van der Waals surface area contributed by atoms with E-state index in [0.717, 1.165) is 71.1 Å². The average molecular weight is 733 g/mol. The van der Waals surface area contributed by atoms with Crippen molar-refractivity contribution in [3.05, 3.63) is 140 Å². The molecule has 53 heavy (non-hydrogen) atoms. The zero-order chi connectivity index (χ0) is 38.1. The molecule has 0 aliphatic heterocycles. The van der Waals surface area contributed by atoms with Gasteiger partial charge in [0.1, 0.15) is 36.1 Å². The van der Waals surface area contributed by atoms with E-state index >= 15 is 0 Å². The predicted molar refractivity (Wildman–Crippen MR) is 206 cm³/mol. The van der Waals surface area contributed by atoms with Gasteiger partial charge < -0.3 is 14.4 Å². The molecule has 0 unspecified atom stereocenters. The highest BCUT2D eigenvalue weighted by molar-refractivity contribution is 7.13. The standard InChI is InChI=1S/C43H39F3N4O2S/c1-3-5-25-50(26-6-4-2)36-19-17-34(41(27-36)51-31-32-13-9-7-10-14-32)18-20-37-21-22-38(53-37)23-24-39(33-15-11-8-12-16-33)40(30-49)42(35(28-47)29-48)52-43(44,45)46/h7-24,27H,3-6,25-26,31H2,1-2H3/b20-18+,24-23+,40-39-. The molecule has 0 bridgehead atoms. The van der Waals surface area contributed by atoms with Crippen LogP contribution in [0.3, 0.4) is 0 Å². The van der Waals surface area contributed by atoms with Gasteiger partial charge in [0.05, 0.1) is 0 Å². The second-order valence-electron chi connectivity index (χ2n) is 11.8. The molecule has 0 N–H and O–H groups in total. The fourth-order valence-corrected chi connectivity index (χ4v) is 6.13. The normalized spacial score (nSPS) is 11.7. The lowest BCUT2D eigenvalue weighted by atomic mass is 9.97. The Morgan fingerprint density at radius 2 is 1.40 bits per heavy atom. The number of alkyl halides is 3. The zero-order valence-corrected chi connectivity index (χ0v) is 30.4. The molecule has 0 aliphatic carbocycles. The van der Waals surface area contributed by atoms with Crippen LogP contribution in [0.4, 0.5) is 18.9 Å². The first-order chi connectivity index (χ1) is 25.7. The van der Waals surface area contributed by atoms with Crippen LogP contribution in [0.15, 0.2) is 114 Å². The van der Waals surface area contributed by atoms with Crippen LogP contribution in [-0.4, -0.2) is 19.5 Å². The first-order valence-corrected chi connectivity index (χ1v) is 18.0. The summed E-state index contributed by atoms with van der Waals surface area (Å²) < 4.78 is 50.7. The van der Waals surface area contributed by atoms with E-state index in [1.807, 2.05) is 54.6 Å². The van der Waals surface area contributed by atoms with Crippen LogP contribution in [0.5, 0.6) is 5.75 Å². The Morgan fingerprint density at radius 3 is 1.98 bits per heavy atom. The first-order valence-electron chi connectivity index (χ1n) is 17.2. The highest BCUT2D eigenvalue weighted by Crippen LogP contribution is 2.34. The molecule has 0 aliphatic rings. The zero-order valence-electron chi connectivity index (χ0n) is 29.6. The lowest BCUT2D eigenvalue weighted by Gasteiger charge is -2.25. The van der Waals surface area contributed by atoms with Crippen LogP contribution in [-0.2, 0) is 11.3 Å². The van der Waals surface area contributed by atoms with Crippen molar-refractivity contribution in [1.29, 1.82) is 15.8 Å². The molecule has 270 valence electrons. The van der Waals surface area contributed by atoms with E-state index in [4.69, 9.17) is 4.74 Å². The minimum Gasteiger partial charge on any atom is -0.488 e. The highest BCUT2D eigenvalue weighted by Gasteiger charge is 2.35. The van der Waals surface area contributed by atoms with E-state index in [0.29, 0.717) is 12.2 Å². The summed E-state index contributed by atoms with van der Waals surface area (Å²) in [4.78, 5) is 4.06. The lowest BCUT2D eigenvalue weighted by Crippen LogP contribution is -2.25. The van der Waals surface area contributed by atoms with E-state index in [-0.39, 0.29) is 5.57 Å². The van der Waals surface area contributed by atoms with Gasteiger partial charge in [-0.1, -0.05) is 93.4 Å². The number of benzene rings is 3. The first kappa shape index (κ1) is 39.8. The Kier molecular flexibility index (Phi) is 15.1. The summed E-state index contributed by atoms with van der Waals surface area (Å²) in [5, 5.41) is 28.8. The molecule has 0 amide bonds. The summed E-state index contributed by atoms with van der Waals surface area (Å²) in [6, 6.07) is 32.9. The smallest absolute Gasteiger partial charge is 0.488 e. The van der Waals surface area contributed by atoms with Gasteiger partial charge in [-0.05, 0) is 66.5 Å². The molecule has 0 radical (unpaired) electrons. The molecular formula is C43H39F3N4O2S. The third kappa shape index (κ3) is 12.0. The highest BCUT2D eigenvalue weighted by atomic mass is 32.1. The van der Waals surface area contributed by atoms with Crippen LogP contribution in [0.2, 0.25) is 0 Å². The number of thiophene rings is 1. The molecule has 1 heterocycles. The van der Waals surface area contributed by atoms with Crippen molar-refractivity contribution >= 4 is 40.8 Å². The molecular weight excluding hydrogens is 694 g/mol. The number of rotatable bonds is 17. The van der Waals surface area contributed by atoms with Crippen molar-refractivity contribution in [1.82, 2.24) is 0 Å². The second kappa shape index (κ2) is 20.1. The van der Waals surface area contributed by atoms with E-state index in [2.05, 4.69) is 41.7 Å². The van der Waals surface area contributed by atoms with Crippen molar-refractivity contribution in [2.24, 2.45) is 0 Å². The summed E-state index contributed by atoms with van der Waals surface area (Å²) in [7, 11) is 0. The third-order valence-corrected chi connectivity index (χ3v) is 9.03. The van der Waals surface area contributed by atoms with E-state index in [1.165, 1.54) is 29.6 Å². The molecule has 6 nitrogen and oxygen atoms in total. The molecule has 0 fully saturated rings. The second-order valence-corrected chi connectivity index (χ2v) is 13.0. The van der Waals surface area contributed by atoms with Crippen molar-refractivity contribution in [2.75, 3.05) is 18.0 Å². The van der Waals surface area contributed by atoms with Gasteiger partial charge in [-0.15, -0.1) is 24.5 Å². The third-order valence-electron chi connectivity index (χ3n) is 8.01. The van der Waals surface area contributed by atoms with Crippen LogP contribution in [0, 0.1) is 34.0 Å². The summed E-state index contributed by atoms with van der Waals surface area (Å²) in [6.45, 7) is 6.74. The van der Waals surface area contributed by atoms with Crippen molar-refractivity contribution < 1.29 is 22.6 Å². The molecule has 0 saturated heterocycles. The number of allylic oxidation sites excluding steroid dienone is 4. The number of nitriles is 3. The molecule has 3 aromatic carbocycles. The Hall–Kier alpha value is -6.02. The van der Waals surface area contributed by atoms with Gasteiger partial charge in [0.15, 0.2) is 11.3 Å². The minimum atomic E-state index is -5.24. The van der Waals surface area contributed by atoms with Crippen LogP contribution >= 0.6 is 11.3 Å². The predicted octanol–water partition coefficient (Wildman–Crippen LogP) is 11.7. The number of hydrogen-bond acceptors (Lipinski definition) is 7. The summed E-state index contributed by atoms with van der Waals surface area (Å²) in [5.41, 5.74) is 1.95. The van der Waals surface area contributed by atoms with E-state index in [1.54, 1.807) is 42.5 Å². The number of nitrogens with zero attached hydrogens (tertiary/aromatic N) is 4. The fraction of sp³-hybridized carbons (Fsp3) is 0.233. The Morgan fingerprint density at radius 1 is 0.774 bits per heavy atom. The number of anilines is 1. The molecule has 4 rings (SSSR count). The van der Waals surface area contributed by atoms with Gasteiger partial charge in [-0.25, -0.2) is 0 Å². The molecule has 0 spiro atoms. The molecule has 0 atom stereocenters. The van der Waals surface area contributed by atoms with Gasteiger partial charge >= 0.3 is 6.36 Å². The topological polar surface area (TPSA) is 93.1 Å². The summed E-state index contributed by atoms with van der Waals surface area (Å²) in [6.07, 6.45) is 6.27. The average Bonchev–Trinajstić information content (AvgIpc) is 3.63. The maximum atomic E-state index is 13.4. The summed E-state index contributed by atoms with van der Waals surface area (Å²) in [5.74, 6) is -0.392. The molecule has 1 aromatic heterocycles. The Bertz CT molecular complexity index is 2040. The minimum absolute atomic E-state index is 0.0491. The van der Waals surface area contributed by atoms with E-state index in [9.17, 15) is 29.0 Å². The van der Waals surface area contributed by atoms with E-state index < -0.39 is 23.3 Å². The van der Waals surface area contributed by atoms with Crippen molar-refractivity contribution in [2.45, 2.75) is 52.5 Å². The number of halogens is 3. The number of hydrogen-bond donors (Lipinski definition) is 0.